The minimum atomic E-state index is 0.0717. The first-order chi connectivity index (χ1) is 10.6. The maximum atomic E-state index is 12.7. The third-order valence-corrected chi connectivity index (χ3v) is 4.30. The third-order valence-electron chi connectivity index (χ3n) is 4.18. The number of nitrogens with zero attached hydrogens (tertiary/aromatic N) is 1. The van der Waals surface area contributed by atoms with Crippen LogP contribution < -0.4 is 9.47 Å². The molecule has 2 aliphatic rings. The van der Waals surface area contributed by atoms with E-state index in [1.807, 2.05) is 18.2 Å². The third kappa shape index (κ3) is 3.45. The highest BCUT2D eigenvalue weighted by Crippen LogP contribution is 2.32. The van der Waals surface area contributed by atoms with Gasteiger partial charge in [0.25, 0.3) is 0 Å². The highest BCUT2D eigenvalue weighted by atomic mass is 35.5. The fourth-order valence-corrected chi connectivity index (χ4v) is 3.20. The second kappa shape index (κ2) is 6.71. The van der Waals surface area contributed by atoms with Gasteiger partial charge in [-0.2, -0.15) is 0 Å². The molecule has 0 bridgehead atoms. The molecule has 1 fully saturated rings. The van der Waals surface area contributed by atoms with Crippen molar-refractivity contribution in [1.82, 2.24) is 4.90 Å². The molecule has 118 valence electrons. The second-order valence-electron chi connectivity index (χ2n) is 5.79. The summed E-state index contributed by atoms with van der Waals surface area (Å²) in [6.07, 6.45) is 1.72. The summed E-state index contributed by atoms with van der Waals surface area (Å²) in [4.78, 5) is 14.9. The van der Waals surface area contributed by atoms with Crippen LogP contribution in [-0.2, 0) is 0 Å². The molecule has 0 aliphatic carbocycles. The minimum absolute atomic E-state index is 0.0717. The molecule has 0 amide bonds. The maximum absolute atomic E-state index is 12.7. The summed E-state index contributed by atoms with van der Waals surface area (Å²) in [5.74, 6) is 1.66. The highest BCUT2D eigenvalue weighted by Gasteiger charge is 2.26. The molecule has 4 nitrogen and oxygen atoms in total. The van der Waals surface area contributed by atoms with E-state index in [0.717, 1.165) is 31.7 Å². The molecule has 0 N–H and O–H groups in total. The predicted molar refractivity (Wildman–Crippen MR) is 85.9 cm³/mol. The van der Waals surface area contributed by atoms with Crippen LogP contribution in [-0.4, -0.2) is 43.5 Å². The molecule has 0 atom stereocenters. The van der Waals surface area contributed by atoms with Crippen molar-refractivity contribution in [3.8, 4) is 11.5 Å². The quantitative estimate of drug-likeness (QED) is 0.799. The van der Waals surface area contributed by atoms with Crippen molar-refractivity contribution in [3.05, 3.63) is 35.4 Å². The Labute approximate surface area is 135 Å². The Morgan fingerprint density at radius 1 is 1.23 bits per heavy atom. The summed E-state index contributed by atoms with van der Waals surface area (Å²) in [5.41, 5.74) is 0.712. The summed E-state index contributed by atoms with van der Waals surface area (Å²) in [7, 11) is 0. The Morgan fingerprint density at radius 2 is 1.91 bits per heavy atom. The molecule has 2 heterocycles. The van der Waals surface area contributed by atoms with Crippen LogP contribution >= 0.6 is 11.6 Å². The number of rotatable bonds is 4. The number of halogens is 1. The number of hydrogen-bond acceptors (Lipinski definition) is 4. The minimum Gasteiger partial charge on any atom is -0.486 e. The molecule has 0 saturated carbocycles. The number of ketones is 1. The van der Waals surface area contributed by atoms with Crippen molar-refractivity contribution in [3.63, 3.8) is 0 Å². The van der Waals surface area contributed by atoms with Crippen LogP contribution in [0, 0.1) is 5.92 Å². The van der Waals surface area contributed by atoms with Crippen molar-refractivity contribution >= 4 is 17.4 Å². The van der Waals surface area contributed by atoms with Crippen LogP contribution in [0.2, 0.25) is 0 Å². The zero-order valence-electron chi connectivity index (χ0n) is 12.5. The van der Waals surface area contributed by atoms with Crippen molar-refractivity contribution in [2.45, 2.75) is 12.8 Å². The topological polar surface area (TPSA) is 38.8 Å². The SMILES string of the molecule is C=C(Cl)CN1CCC(C(=O)c2ccc3c(c2)OCCO3)CC1. The molecule has 1 aromatic rings. The lowest BCUT2D eigenvalue weighted by atomic mass is 9.88. The Balaban J connectivity index is 1.64. The average molecular weight is 322 g/mol. The summed E-state index contributed by atoms with van der Waals surface area (Å²) < 4.78 is 11.0. The van der Waals surface area contributed by atoms with Crippen LogP contribution in [0.1, 0.15) is 23.2 Å². The highest BCUT2D eigenvalue weighted by molar-refractivity contribution is 6.29. The summed E-state index contributed by atoms with van der Waals surface area (Å²) >= 11 is 5.84. The van der Waals surface area contributed by atoms with Gasteiger partial charge in [-0.05, 0) is 44.1 Å². The van der Waals surface area contributed by atoms with Gasteiger partial charge < -0.3 is 9.47 Å². The van der Waals surface area contributed by atoms with Gasteiger partial charge >= 0.3 is 0 Å². The van der Waals surface area contributed by atoms with E-state index in [4.69, 9.17) is 21.1 Å². The molecule has 2 aliphatic heterocycles. The van der Waals surface area contributed by atoms with Crippen molar-refractivity contribution < 1.29 is 14.3 Å². The largest absolute Gasteiger partial charge is 0.486 e. The molecule has 1 aromatic carbocycles. The zero-order chi connectivity index (χ0) is 15.5. The van der Waals surface area contributed by atoms with Crippen LogP contribution in [0.4, 0.5) is 0 Å². The summed E-state index contributed by atoms with van der Waals surface area (Å²) in [5, 5.41) is 0.650. The molecule has 22 heavy (non-hydrogen) atoms. The van der Waals surface area contributed by atoms with E-state index in [-0.39, 0.29) is 11.7 Å². The van der Waals surface area contributed by atoms with E-state index in [2.05, 4.69) is 11.5 Å². The van der Waals surface area contributed by atoms with Crippen LogP contribution in [0.15, 0.2) is 29.8 Å². The van der Waals surface area contributed by atoms with E-state index in [1.54, 1.807) is 0 Å². The summed E-state index contributed by atoms with van der Waals surface area (Å²) in [6, 6.07) is 5.47. The number of fused-ring (bicyclic) bond motifs is 1. The van der Waals surface area contributed by atoms with Gasteiger partial charge in [0, 0.05) is 23.1 Å². The van der Waals surface area contributed by atoms with Gasteiger partial charge in [-0.15, -0.1) is 0 Å². The lowest BCUT2D eigenvalue weighted by Crippen LogP contribution is -2.37. The second-order valence-corrected chi connectivity index (χ2v) is 6.32. The number of benzene rings is 1. The molecule has 5 heteroatoms. The van der Waals surface area contributed by atoms with Crippen molar-refractivity contribution in [2.24, 2.45) is 5.92 Å². The molecule has 1 saturated heterocycles. The normalized spacial score (nSPS) is 19.0. The van der Waals surface area contributed by atoms with Gasteiger partial charge in [0.05, 0.1) is 0 Å². The van der Waals surface area contributed by atoms with Gasteiger partial charge in [0.1, 0.15) is 13.2 Å². The Bertz CT molecular complexity index is 579. The summed E-state index contributed by atoms with van der Waals surface area (Å²) in [6.45, 7) is 7.28. The number of ether oxygens (including phenoxy) is 2. The lowest BCUT2D eigenvalue weighted by molar-refractivity contribution is 0.0847. The fourth-order valence-electron chi connectivity index (χ4n) is 3.03. The standard InChI is InChI=1S/C17H20ClNO3/c1-12(18)11-19-6-4-13(5-7-19)17(20)14-2-3-15-16(10-14)22-9-8-21-15/h2-3,10,13H,1,4-9,11H2. The number of hydrogen-bond donors (Lipinski definition) is 0. The molecule has 0 unspecified atom stereocenters. The number of piperidine rings is 1. The van der Waals surface area contributed by atoms with Gasteiger partial charge in [0.2, 0.25) is 0 Å². The lowest BCUT2D eigenvalue weighted by Gasteiger charge is -2.31. The van der Waals surface area contributed by atoms with Gasteiger partial charge in [-0.3, -0.25) is 9.69 Å². The predicted octanol–water partition coefficient (Wildman–Crippen LogP) is 3.11. The first-order valence-electron chi connectivity index (χ1n) is 7.63. The van der Waals surface area contributed by atoms with Gasteiger partial charge in [0.15, 0.2) is 17.3 Å². The first kappa shape index (κ1) is 15.4. The number of carbonyl (C=O) groups is 1. The molecular formula is C17H20ClNO3. The maximum Gasteiger partial charge on any atom is 0.166 e. The van der Waals surface area contributed by atoms with Gasteiger partial charge in [-0.25, -0.2) is 0 Å². The van der Waals surface area contributed by atoms with E-state index in [0.29, 0.717) is 36.1 Å². The average Bonchev–Trinajstić information content (AvgIpc) is 2.54. The van der Waals surface area contributed by atoms with Gasteiger partial charge in [-0.1, -0.05) is 18.2 Å². The van der Waals surface area contributed by atoms with E-state index in [9.17, 15) is 4.79 Å². The monoisotopic (exact) mass is 321 g/mol. The van der Waals surface area contributed by atoms with Crippen LogP contribution in [0.25, 0.3) is 0 Å². The Hall–Kier alpha value is -1.52. The number of Topliss-reactive ketones (excluding diaryl/α,β-unsaturated/α-hetero) is 1. The number of likely N-dealkylation sites (tertiary alicyclic amines) is 1. The molecule has 0 radical (unpaired) electrons. The molecule has 0 spiro atoms. The van der Waals surface area contributed by atoms with Crippen LogP contribution in [0.5, 0.6) is 11.5 Å². The molecule has 3 rings (SSSR count). The number of carbonyl (C=O) groups excluding carboxylic acids is 1. The van der Waals surface area contributed by atoms with Crippen molar-refractivity contribution in [2.75, 3.05) is 32.8 Å². The molecule has 0 aromatic heterocycles. The van der Waals surface area contributed by atoms with Crippen LogP contribution in [0.3, 0.4) is 0 Å². The Kier molecular flexibility index (Phi) is 4.69. The van der Waals surface area contributed by atoms with E-state index < -0.39 is 0 Å². The fraction of sp³-hybridized carbons (Fsp3) is 0.471. The molecular weight excluding hydrogens is 302 g/mol. The van der Waals surface area contributed by atoms with E-state index in [1.165, 1.54) is 0 Å². The Morgan fingerprint density at radius 3 is 2.59 bits per heavy atom. The smallest absolute Gasteiger partial charge is 0.166 e. The van der Waals surface area contributed by atoms with Crippen molar-refractivity contribution in [1.29, 1.82) is 0 Å². The zero-order valence-corrected chi connectivity index (χ0v) is 13.3. The first-order valence-corrected chi connectivity index (χ1v) is 8.01. The van der Waals surface area contributed by atoms with E-state index >= 15 is 0 Å².